The van der Waals surface area contributed by atoms with Crippen molar-refractivity contribution in [1.29, 1.82) is 0 Å². The Kier molecular flexibility index (Phi) is 8.95. The Morgan fingerprint density at radius 2 is 1.78 bits per heavy atom. The fraction of sp³-hybridized carbons (Fsp3) is 0.333. The number of piperazine rings is 1. The first-order valence-corrected chi connectivity index (χ1v) is 16.0. The van der Waals surface area contributed by atoms with E-state index in [4.69, 9.17) is 4.74 Å². The zero-order chi connectivity index (χ0) is 35.0. The third kappa shape index (κ3) is 6.13. The summed E-state index contributed by atoms with van der Waals surface area (Å²) in [6, 6.07) is 10.1. The van der Waals surface area contributed by atoms with Gasteiger partial charge in [0.15, 0.2) is 17.3 Å². The standard InChI is InChI=1S/C36H38N6O7/c1-21-32(46)30(23(3)43)34-31(33(21)47)36(4)27(49-34)17-26(44)29(35(36)48)22(2)37-18-25-19-42(39-38-25)20-28(45)41-15-13-40(14-16-41)12-8-11-24-9-6-5-7-10-24/h5-11,17,19,37,46-47H,12-16,18,20H2,1-4H3/b11-8+,29-22+. The molecule has 1 amide bonds. The van der Waals surface area contributed by atoms with Gasteiger partial charge in [-0.25, -0.2) is 4.68 Å². The highest BCUT2D eigenvalue weighted by Gasteiger charge is 2.56. The van der Waals surface area contributed by atoms with Crippen LogP contribution < -0.4 is 10.1 Å². The number of phenolic OH excluding ortho intramolecular Hbond substituents is 2. The van der Waals surface area contributed by atoms with Gasteiger partial charge in [0, 0.05) is 50.1 Å². The van der Waals surface area contributed by atoms with Crippen molar-refractivity contribution in [2.75, 3.05) is 32.7 Å². The first kappa shape index (κ1) is 33.3. The SMILES string of the molecule is CC(=O)c1c(O)c(C)c(O)c2c1OC1=CC(=O)/C(=C(/C)NCc3cn(CC(=O)N4CCN(C/C=C/c5ccccc5)CC4)nn3)C(=O)C12C. The fourth-order valence-corrected chi connectivity index (χ4v) is 6.49. The highest BCUT2D eigenvalue weighted by atomic mass is 16.5. The minimum absolute atomic E-state index is 0.0240. The predicted octanol–water partition coefficient (Wildman–Crippen LogP) is 2.81. The number of aromatic hydroxyl groups is 2. The van der Waals surface area contributed by atoms with Crippen LogP contribution in [0.1, 0.15) is 53.5 Å². The molecule has 49 heavy (non-hydrogen) atoms. The molecule has 3 aromatic rings. The number of phenols is 2. The van der Waals surface area contributed by atoms with Gasteiger partial charge in [0.1, 0.15) is 46.2 Å². The number of nitrogens with one attached hydrogen (secondary N) is 1. The number of ketones is 3. The van der Waals surface area contributed by atoms with Crippen molar-refractivity contribution in [2.45, 2.75) is 46.2 Å². The van der Waals surface area contributed by atoms with Gasteiger partial charge in [0.25, 0.3) is 0 Å². The maximum atomic E-state index is 14.0. The smallest absolute Gasteiger partial charge is 0.244 e. The molecule has 13 heteroatoms. The predicted molar refractivity (Wildman–Crippen MR) is 179 cm³/mol. The molecule has 0 radical (unpaired) electrons. The summed E-state index contributed by atoms with van der Waals surface area (Å²) in [7, 11) is 0. The number of fused-ring (bicyclic) bond motifs is 3. The van der Waals surface area contributed by atoms with E-state index >= 15 is 0 Å². The van der Waals surface area contributed by atoms with E-state index in [1.54, 1.807) is 13.1 Å². The zero-order valence-electron chi connectivity index (χ0n) is 27.8. The molecule has 1 atom stereocenters. The number of rotatable bonds is 9. The average molecular weight is 667 g/mol. The second-order valence-corrected chi connectivity index (χ2v) is 12.6. The minimum atomic E-state index is -1.61. The maximum Gasteiger partial charge on any atom is 0.244 e. The lowest BCUT2D eigenvalue weighted by Crippen LogP contribution is -2.49. The van der Waals surface area contributed by atoms with Crippen LogP contribution in [0.25, 0.3) is 6.08 Å². The van der Waals surface area contributed by atoms with E-state index in [0.29, 0.717) is 18.8 Å². The summed E-state index contributed by atoms with van der Waals surface area (Å²) < 4.78 is 7.28. The Labute approximate surface area is 283 Å². The molecule has 6 rings (SSSR count). The average Bonchev–Trinajstić information content (AvgIpc) is 3.65. The van der Waals surface area contributed by atoms with Gasteiger partial charge in [0.05, 0.1) is 23.9 Å². The van der Waals surface area contributed by atoms with Crippen LogP contribution in [0.3, 0.4) is 0 Å². The molecular formula is C36H38N6O7. The molecule has 1 aliphatic carbocycles. The lowest BCUT2D eigenvalue weighted by atomic mass is 9.70. The number of allylic oxidation sites excluding steroid dienone is 4. The third-order valence-corrected chi connectivity index (χ3v) is 9.38. The van der Waals surface area contributed by atoms with Crippen LogP contribution in [0.15, 0.2) is 65.7 Å². The summed E-state index contributed by atoms with van der Waals surface area (Å²) in [5.74, 6) is -2.83. The summed E-state index contributed by atoms with van der Waals surface area (Å²) in [6.07, 6.45) is 7.03. The topological polar surface area (TPSA) is 167 Å². The van der Waals surface area contributed by atoms with Crippen molar-refractivity contribution >= 4 is 29.3 Å². The third-order valence-electron chi connectivity index (χ3n) is 9.38. The number of amides is 1. The molecule has 0 saturated carbocycles. The van der Waals surface area contributed by atoms with Crippen molar-refractivity contribution in [1.82, 2.24) is 30.1 Å². The number of carbonyl (C=O) groups excluding carboxylic acids is 4. The molecule has 1 unspecified atom stereocenters. The van der Waals surface area contributed by atoms with Crippen LogP contribution in [0.2, 0.25) is 0 Å². The number of benzene rings is 2. The fourth-order valence-electron chi connectivity index (χ4n) is 6.49. The zero-order valence-corrected chi connectivity index (χ0v) is 27.8. The Balaban J connectivity index is 1.08. The van der Waals surface area contributed by atoms with Crippen LogP contribution in [0.5, 0.6) is 17.2 Å². The van der Waals surface area contributed by atoms with Gasteiger partial charge >= 0.3 is 0 Å². The molecule has 2 aliphatic heterocycles. The molecule has 254 valence electrons. The van der Waals surface area contributed by atoms with Crippen molar-refractivity contribution < 1.29 is 34.1 Å². The summed E-state index contributed by atoms with van der Waals surface area (Å²) in [5.41, 5.74) is 0.0387. The quantitative estimate of drug-likeness (QED) is 0.175. The van der Waals surface area contributed by atoms with Gasteiger partial charge in [-0.2, -0.15) is 0 Å². The highest BCUT2D eigenvalue weighted by molar-refractivity contribution is 6.31. The molecule has 3 N–H and O–H groups in total. The molecular weight excluding hydrogens is 628 g/mol. The largest absolute Gasteiger partial charge is 0.507 e. The molecule has 13 nitrogen and oxygen atoms in total. The van der Waals surface area contributed by atoms with Crippen molar-refractivity contribution in [3.05, 3.63) is 93.7 Å². The van der Waals surface area contributed by atoms with E-state index in [-0.39, 0.29) is 64.2 Å². The number of hydrogen-bond donors (Lipinski definition) is 3. The number of nitrogens with zero attached hydrogens (tertiary/aromatic N) is 5. The van der Waals surface area contributed by atoms with Gasteiger partial charge in [-0.05, 0) is 33.3 Å². The minimum Gasteiger partial charge on any atom is -0.507 e. The van der Waals surface area contributed by atoms with Gasteiger partial charge in [-0.3, -0.25) is 24.1 Å². The van der Waals surface area contributed by atoms with E-state index < -0.39 is 28.5 Å². The summed E-state index contributed by atoms with van der Waals surface area (Å²) in [5, 5.41) is 32.9. The summed E-state index contributed by atoms with van der Waals surface area (Å²) >= 11 is 0. The molecule has 1 aromatic heterocycles. The van der Waals surface area contributed by atoms with Gasteiger partial charge in [-0.15, -0.1) is 5.10 Å². The van der Waals surface area contributed by atoms with Crippen LogP contribution in [0.4, 0.5) is 0 Å². The molecule has 0 spiro atoms. The van der Waals surface area contributed by atoms with E-state index in [1.807, 2.05) is 23.1 Å². The Morgan fingerprint density at radius 1 is 1.06 bits per heavy atom. The van der Waals surface area contributed by atoms with Crippen LogP contribution >= 0.6 is 0 Å². The first-order valence-electron chi connectivity index (χ1n) is 16.0. The lowest BCUT2D eigenvalue weighted by Gasteiger charge is -2.34. The molecule has 1 fully saturated rings. The second-order valence-electron chi connectivity index (χ2n) is 12.6. The van der Waals surface area contributed by atoms with Gasteiger partial charge in [0.2, 0.25) is 5.91 Å². The Morgan fingerprint density at radius 3 is 2.47 bits per heavy atom. The van der Waals surface area contributed by atoms with E-state index in [0.717, 1.165) is 25.2 Å². The van der Waals surface area contributed by atoms with E-state index in [1.165, 1.54) is 31.5 Å². The molecule has 0 bridgehead atoms. The maximum absolute atomic E-state index is 14.0. The van der Waals surface area contributed by atoms with Gasteiger partial charge in [-0.1, -0.05) is 47.7 Å². The van der Waals surface area contributed by atoms with Crippen molar-refractivity contribution in [3.8, 4) is 17.2 Å². The number of hydrogen-bond acceptors (Lipinski definition) is 11. The number of ether oxygens (including phenoxy) is 1. The molecule has 3 aliphatic rings. The van der Waals surface area contributed by atoms with Crippen LogP contribution in [-0.4, -0.2) is 91.0 Å². The second kappa shape index (κ2) is 13.2. The molecule has 3 heterocycles. The summed E-state index contributed by atoms with van der Waals surface area (Å²) in [4.78, 5) is 56.7. The van der Waals surface area contributed by atoms with Gasteiger partial charge < -0.3 is 25.2 Å². The molecule has 2 aromatic carbocycles. The number of aromatic nitrogens is 3. The first-order chi connectivity index (χ1) is 23.4. The van der Waals surface area contributed by atoms with Crippen molar-refractivity contribution in [3.63, 3.8) is 0 Å². The summed E-state index contributed by atoms with van der Waals surface area (Å²) in [6.45, 7) is 9.51. The number of Topliss-reactive ketones (excluding diaryl/α,β-unsaturated/α-hetero) is 2. The molecule has 1 saturated heterocycles. The van der Waals surface area contributed by atoms with E-state index in [9.17, 15) is 29.4 Å². The monoisotopic (exact) mass is 666 g/mol. The van der Waals surface area contributed by atoms with Crippen molar-refractivity contribution in [2.24, 2.45) is 0 Å². The van der Waals surface area contributed by atoms with Crippen LogP contribution in [0, 0.1) is 6.92 Å². The van der Waals surface area contributed by atoms with Crippen LogP contribution in [-0.2, 0) is 32.9 Å². The Hall–Kier alpha value is -5.56. The normalized spacial score (nSPS) is 20.2. The Bertz CT molecular complexity index is 1950. The van der Waals surface area contributed by atoms with E-state index in [2.05, 4.69) is 44.8 Å². The number of carbonyl (C=O) groups is 4. The lowest BCUT2D eigenvalue weighted by molar-refractivity contribution is -0.133. The highest BCUT2D eigenvalue weighted by Crippen LogP contribution is 2.57.